The Balaban J connectivity index is 1.34. The second kappa shape index (κ2) is 8.99. The summed E-state index contributed by atoms with van der Waals surface area (Å²) in [6, 6.07) is 21.4. The Morgan fingerprint density at radius 1 is 1.03 bits per heavy atom. The summed E-state index contributed by atoms with van der Waals surface area (Å²) in [6.07, 6.45) is 0. The molecule has 166 valence electrons. The number of aromatic nitrogens is 3. The van der Waals surface area contributed by atoms with Crippen LogP contribution in [0, 0.1) is 0 Å². The minimum atomic E-state index is -0.166. The lowest BCUT2D eigenvalue weighted by Gasteiger charge is -2.11. The van der Waals surface area contributed by atoms with Crippen LogP contribution < -0.4 is 10.1 Å². The number of methoxy groups -OCH3 is 1. The fourth-order valence-corrected chi connectivity index (χ4v) is 4.62. The Labute approximate surface area is 194 Å². The SMILES string of the molecule is CCn1c(SCC(=O)Nc2cc3oc4ccccc4c3cc2OC)nnc1-c1ccccc1. The summed E-state index contributed by atoms with van der Waals surface area (Å²) in [5.74, 6) is 1.39. The third-order valence-electron chi connectivity index (χ3n) is 5.37. The number of nitrogens with one attached hydrogen (secondary N) is 1. The van der Waals surface area contributed by atoms with Crippen LogP contribution in [-0.2, 0) is 11.3 Å². The number of carbonyl (C=O) groups excluding carboxylic acids is 1. The quantitative estimate of drug-likeness (QED) is 0.320. The van der Waals surface area contributed by atoms with Gasteiger partial charge in [-0.2, -0.15) is 0 Å². The topological polar surface area (TPSA) is 82.2 Å². The number of benzene rings is 3. The van der Waals surface area contributed by atoms with Crippen LogP contribution in [0.1, 0.15) is 6.92 Å². The average molecular weight is 459 g/mol. The van der Waals surface area contributed by atoms with Crippen molar-refractivity contribution < 1.29 is 13.9 Å². The molecular formula is C25H22N4O3S. The summed E-state index contributed by atoms with van der Waals surface area (Å²) in [4.78, 5) is 12.8. The number of thioether (sulfide) groups is 1. The van der Waals surface area contributed by atoms with E-state index in [9.17, 15) is 4.79 Å². The molecule has 33 heavy (non-hydrogen) atoms. The average Bonchev–Trinajstić information content (AvgIpc) is 3.43. The van der Waals surface area contributed by atoms with E-state index in [4.69, 9.17) is 9.15 Å². The molecule has 0 spiro atoms. The molecular weight excluding hydrogens is 436 g/mol. The van der Waals surface area contributed by atoms with Crippen molar-refractivity contribution in [3.8, 4) is 17.1 Å². The highest BCUT2D eigenvalue weighted by Gasteiger charge is 2.17. The molecule has 0 fully saturated rings. The number of hydrogen-bond donors (Lipinski definition) is 1. The maximum absolute atomic E-state index is 12.8. The van der Waals surface area contributed by atoms with Gasteiger partial charge in [0.1, 0.15) is 16.9 Å². The van der Waals surface area contributed by atoms with Crippen molar-refractivity contribution in [1.82, 2.24) is 14.8 Å². The molecule has 0 saturated carbocycles. The van der Waals surface area contributed by atoms with E-state index in [0.717, 1.165) is 27.7 Å². The van der Waals surface area contributed by atoms with E-state index in [0.29, 0.717) is 28.7 Å². The largest absolute Gasteiger partial charge is 0.495 e. The minimum absolute atomic E-state index is 0.166. The smallest absolute Gasteiger partial charge is 0.234 e. The molecule has 0 saturated heterocycles. The lowest BCUT2D eigenvalue weighted by atomic mass is 10.1. The summed E-state index contributed by atoms with van der Waals surface area (Å²) in [5.41, 5.74) is 3.04. The first-order valence-corrected chi connectivity index (χ1v) is 11.6. The molecule has 0 aliphatic carbocycles. The molecule has 0 radical (unpaired) electrons. The fourth-order valence-electron chi connectivity index (χ4n) is 3.82. The van der Waals surface area contributed by atoms with Gasteiger partial charge >= 0.3 is 0 Å². The molecule has 5 rings (SSSR count). The normalized spacial score (nSPS) is 11.2. The zero-order valence-electron chi connectivity index (χ0n) is 18.2. The lowest BCUT2D eigenvalue weighted by molar-refractivity contribution is -0.113. The van der Waals surface area contributed by atoms with Crippen LogP contribution >= 0.6 is 11.8 Å². The van der Waals surface area contributed by atoms with Gasteiger partial charge < -0.3 is 19.0 Å². The van der Waals surface area contributed by atoms with Gasteiger partial charge in [-0.15, -0.1) is 10.2 Å². The fraction of sp³-hybridized carbons (Fsp3) is 0.160. The standard InChI is InChI=1S/C25H22N4O3S/c1-3-29-24(16-9-5-4-6-10-16)27-28-25(29)33-15-23(30)26-19-14-21-18(13-22(19)31-2)17-11-7-8-12-20(17)32-21/h4-14H,3,15H2,1-2H3,(H,26,30). The van der Waals surface area contributed by atoms with Crippen molar-refractivity contribution in [2.45, 2.75) is 18.6 Å². The first kappa shape index (κ1) is 21.1. The van der Waals surface area contributed by atoms with E-state index in [1.165, 1.54) is 11.8 Å². The van der Waals surface area contributed by atoms with Crippen molar-refractivity contribution in [3.05, 3.63) is 66.7 Å². The van der Waals surface area contributed by atoms with Crippen molar-refractivity contribution in [1.29, 1.82) is 0 Å². The first-order valence-electron chi connectivity index (χ1n) is 10.6. The highest BCUT2D eigenvalue weighted by Crippen LogP contribution is 2.36. The summed E-state index contributed by atoms with van der Waals surface area (Å²) in [7, 11) is 1.59. The van der Waals surface area contributed by atoms with Crippen LogP contribution in [-0.4, -0.2) is 33.5 Å². The zero-order valence-corrected chi connectivity index (χ0v) is 19.1. The number of hydrogen-bond acceptors (Lipinski definition) is 6. The molecule has 1 amide bonds. The van der Waals surface area contributed by atoms with E-state index >= 15 is 0 Å². The van der Waals surface area contributed by atoms with Crippen LogP contribution in [0.5, 0.6) is 5.75 Å². The Kier molecular flexibility index (Phi) is 5.75. The minimum Gasteiger partial charge on any atom is -0.495 e. The summed E-state index contributed by atoms with van der Waals surface area (Å²) in [5, 5.41) is 14.2. The van der Waals surface area contributed by atoms with Gasteiger partial charge in [0, 0.05) is 28.9 Å². The second-order valence-corrected chi connectivity index (χ2v) is 8.34. The highest BCUT2D eigenvalue weighted by molar-refractivity contribution is 7.99. The number of nitrogens with zero attached hydrogens (tertiary/aromatic N) is 3. The molecule has 2 aromatic heterocycles. The van der Waals surface area contributed by atoms with Crippen LogP contribution in [0.25, 0.3) is 33.3 Å². The number of furan rings is 1. The van der Waals surface area contributed by atoms with Crippen LogP contribution in [0.2, 0.25) is 0 Å². The highest BCUT2D eigenvalue weighted by atomic mass is 32.2. The maximum Gasteiger partial charge on any atom is 0.234 e. The third-order valence-corrected chi connectivity index (χ3v) is 6.34. The Bertz CT molecular complexity index is 1440. The molecule has 8 heteroatoms. The maximum atomic E-state index is 12.8. The summed E-state index contributed by atoms with van der Waals surface area (Å²) < 4.78 is 13.5. The van der Waals surface area contributed by atoms with Gasteiger partial charge in [0.25, 0.3) is 0 Å². The van der Waals surface area contributed by atoms with Gasteiger partial charge in [0.05, 0.1) is 18.6 Å². The first-order chi connectivity index (χ1) is 16.2. The number of anilines is 1. The van der Waals surface area contributed by atoms with Gasteiger partial charge in [-0.25, -0.2) is 0 Å². The van der Waals surface area contributed by atoms with Crippen LogP contribution in [0.15, 0.2) is 76.3 Å². The van der Waals surface area contributed by atoms with Gasteiger partial charge in [0.2, 0.25) is 5.91 Å². The Hall–Kier alpha value is -3.78. The van der Waals surface area contributed by atoms with E-state index in [2.05, 4.69) is 15.5 Å². The summed E-state index contributed by atoms with van der Waals surface area (Å²) in [6.45, 7) is 2.74. The zero-order chi connectivity index (χ0) is 22.8. The van der Waals surface area contributed by atoms with Crippen molar-refractivity contribution in [2.24, 2.45) is 0 Å². The molecule has 1 N–H and O–H groups in total. The second-order valence-electron chi connectivity index (χ2n) is 7.40. The summed E-state index contributed by atoms with van der Waals surface area (Å²) >= 11 is 1.35. The third kappa shape index (κ3) is 4.05. The van der Waals surface area contributed by atoms with Gasteiger partial charge in [-0.3, -0.25) is 4.79 Å². The number of carbonyl (C=O) groups is 1. The molecule has 5 aromatic rings. The molecule has 0 bridgehead atoms. The number of amides is 1. The van der Waals surface area contributed by atoms with E-state index in [1.54, 1.807) is 13.2 Å². The lowest BCUT2D eigenvalue weighted by Crippen LogP contribution is -2.15. The van der Waals surface area contributed by atoms with Crippen molar-refractivity contribution >= 4 is 45.3 Å². The number of para-hydroxylation sites is 1. The van der Waals surface area contributed by atoms with Crippen LogP contribution in [0.4, 0.5) is 5.69 Å². The molecule has 0 aliphatic rings. The van der Waals surface area contributed by atoms with Crippen molar-refractivity contribution in [3.63, 3.8) is 0 Å². The number of fused-ring (bicyclic) bond motifs is 3. The van der Waals surface area contributed by atoms with E-state index in [-0.39, 0.29) is 11.7 Å². The molecule has 0 aliphatic heterocycles. The molecule has 3 aromatic carbocycles. The predicted molar refractivity (Wildman–Crippen MR) is 131 cm³/mol. The number of rotatable bonds is 7. The molecule has 7 nitrogen and oxygen atoms in total. The number of ether oxygens (including phenoxy) is 1. The van der Waals surface area contributed by atoms with E-state index < -0.39 is 0 Å². The molecule has 0 unspecified atom stereocenters. The molecule has 0 atom stereocenters. The van der Waals surface area contributed by atoms with Gasteiger partial charge in [-0.05, 0) is 19.1 Å². The van der Waals surface area contributed by atoms with E-state index in [1.807, 2.05) is 72.2 Å². The van der Waals surface area contributed by atoms with Gasteiger partial charge in [-0.1, -0.05) is 60.3 Å². The Morgan fingerprint density at radius 2 is 1.82 bits per heavy atom. The monoisotopic (exact) mass is 458 g/mol. The van der Waals surface area contributed by atoms with Crippen molar-refractivity contribution in [2.75, 3.05) is 18.2 Å². The molecule has 2 heterocycles. The van der Waals surface area contributed by atoms with Crippen LogP contribution in [0.3, 0.4) is 0 Å². The Morgan fingerprint density at radius 3 is 2.61 bits per heavy atom. The predicted octanol–water partition coefficient (Wildman–Crippen LogP) is 5.60. The van der Waals surface area contributed by atoms with Gasteiger partial charge in [0.15, 0.2) is 11.0 Å².